The lowest BCUT2D eigenvalue weighted by atomic mass is 9.92. The van der Waals surface area contributed by atoms with Gasteiger partial charge in [0.05, 0.1) is 12.0 Å². The molecule has 33 heavy (non-hydrogen) atoms. The number of amides is 2. The number of benzene rings is 3. The van der Waals surface area contributed by atoms with Gasteiger partial charge in [0.25, 0.3) is 0 Å². The van der Waals surface area contributed by atoms with Gasteiger partial charge in [0.1, 0.15) is 5.75 Å². The lowest BCUT2D eigenvalue weighted by Gasteiger charge is -2.18. The molecular weight excluding hydrogens is 412 g/mol. The van der Waals surface area contributed by atoms with E-state index >= 15 is 0 Å². The summed E-state index contributed by atoms with van der Waals surface area (Å²) in [5.41, 5.74) is 7.01. The molecule has 1 heterocycles. The van der Waals surface area contributed by atoms with Crippen LogP contribution in [-0.2, 0) is 28.0 Å². The number of hydrogen-bond acceptors (Lipinski definition) is 3. The number of carbonyl (C=O) groups is 2. The molecule has 1 aliphatic carbocycles. The van der Waals surface area contributed by atoms with Crippen LogP contribution in [0.2, 0.25) is 0 Å². The van der Waals surface area contributed by atoms with Crippen molar-refractivity contribution in [2.24, 2.45) is 0 Å². The molecule has 5 rings (SSSR count). The van der Waals surface area contributed by atoms with E-state index in [1.165, 1.54) is 12.5 Å². The monoisotopic (exact) mass is 440 g/mol. The Bertz CT molecular complexity index is 1230. The average Bonchev–Trinajstić information content (AvgIpc) is 3.50. The van der Waals surface area contributed by atoms with Gasteiger partial charge in [0.2, 0.25) is 11.8 Å². The second kappa shape index (κ2) is 8.39. The van der Waals surface area contributed by atoms with Crippen LogP contribution in [0, 0.1) is 6.92 Å². The zero-order valence-electron chi connectivity index (χ0n) is 19.0. The zero-order chi connectivity index (χ0) is 23.0. The number of rotatable bonds is 6. The van der Waals surface area contributed by atoms with Crippen LogP contribution in [0.25, 0.3) is 11.1 Å². The summed E-state index contributed by atoms with van der Waals surface area (Å²) in [6.45, 7) is 4.82. The molecule has 5 nitrogen and oxygen atoms in total. The second-order valence-electron chi connectivity index (χ2n) is 9.09. The molecule has 0 atom stereocenters. The van der Waals surface area contributed by atoms with Gasteiger partial charge in [0, 0.05) is 25.6 Å². The van der Waals surface area contributed by atoms with Crippen molar-refractivity contribution in [1.82, 2.24) is 5.32 Å². The minimum atomic E-state index is -0.436. The fraction of sp³-hybridized carbons (Fsp3) is 0.286. The molecule has 0 unspecified atom stereocenters. The van der Waals surface area contributed by atoms with Gasteiger partial charge in [-0.25, -0.2) is 0 Å². The van der Waals surface area contributed by atoms with Gasteiger partial charge >= 0.3 is 0 Å². The normalized spacial score (nSPS) is 15.3. The van der Waals surface area contributed by atoms with Gasteiger partial charge in [0.15, 0.2) is 0 Å². The number of anilines is 1. The number of nitrogens with one attached hydrogen (secondary N) is 2. The quantitative estimate of drug-likeness (QED) is 0.573. The van der Waals surface area contributed by atoms with Crippen molar-refractivity contribution < 1.29 is 14.3 Å². The molecule has 0 saturated heterocycles. The Labute approximate surface area is 194 Å². The van der Waals surface area contributed by atoms with Crippen molar-refractivity contribution in [2.75, 3.05) is 11.9 Å². The summed E-state index contributed by atoms with van der Waals surface area (Å²) in [4.78, 5) is 24.5. The van der Waals surface area contributed by atoms with E-state index in [4.69, 9.17) is 4.74 Å². The molecule has 0 aromatic heterocycles. The van der Waals surface area contributed by atoms with Crippen LogP contribution in [0.3, 0.4) is 0 Å². The largest absolute Gasteiger partial charge is 0.493 e. The third kappa shape index (κ3) is 4.23. The van der Waals surface area contributed by atoms with Gasteiger partial charge in [-0.3, -0.25) is 9.59 Å². The minimum absolute atomic E-state index is 0.0416. The number of aryl methyl sites for hydroxylation is 1. The van der Waals surface area contributed by atoms with E-state index in [1.54, 1.807) is 0 Å². The van der Waals surface area contributed by atoms with Crippen LogP contribution in [0.1, 0.15) is 42.0 Å². The third-order valence-electron chi connectivity index (χ3n) is 6.73. The molecule has 1 saturated carbocycles. The van der Waals surface area contributed by atoms with Crippen LogP contribution in [0.15, 0.2) is 60.7 Å². The maximum atomic E-state index is 13.3. The van der Waals surface area contributed by atoms with E-state index in [9.17, 15) is 9.59 Å². The smallest absolute Gasteiger partial charge is 0.235 e. The molecule has 2 aliphatic rings. The van der Waals surface area contributed by atoms with Gasteiger partial charge < -0.3 is 15.4 Å². The second-order valence-corrected chi connectivity index (χ2v) is 9.09. The number of carbonyl (C=O) groups excluding carboxylic acids is 2. The first-order valence-electron chi connectivity index (χ1n) is 11.5. The molecule has 0 spiro atoms. The Hall–Kier alpha value is -3.60. The summed E-state index contributed by atoms with van der Waals surface area (Å²) in [7, 11) is 0. The summed E-state index contributed by atoms with van der Waals surface area (Å²) >= 11 is 0. The maximum absolute atomic E-state index is 13.3. The Balaban J connectivity index is 1.34. The van der Waals surface area contributed by atoms with Crippen LogP contribution >= 0.6 is 0 Å². The molecule has 2 amide bonds. The van der Waals surface area contributed by atoms with E-state index in [2.05, 4.69) is 35.8 Å². The highest BCUT2D eigenvalue weighted by molar-refractivity contribution is 6.02. The molecule has 1 fully saturated rings. The molecule has 0 radical (unpaired) electrons. The van der Waals surface area contributed by atoms with Gasteiger partial charge in [-0.05, 0) is 71.3 Å². The van der Waals surface area contributed by atoms with Crippen molar-refractivity contribution in [3.63, 3.8) is 0 Å². The van der Waals surface area contributed by atoms with E-state index in [0.29, 0.717) is 6.54 Å². The Kier molecular flexibility index (Phi) is 5.41. The fourth-order valence-electron chi connectivity index (χ4n) is 4.55. The third-order valence-corrected chi connectivity index (χ3v) is 6.73. The van der Waals surface area contributed by atoms with E-state index < -0.39 is 5.41 Å². The van der Waals surface area contributed by atoms with E-state index in [1.807, 2.05) is 42.5 Å². The maximum Gasteiger partial charge on any atom is 0.235 e. The van der Waals surface area contributed by atoms with E-state index in [0.717, 1.165) is 65.1 Å². The SMILES string of the molecule is CC(=O)NCc1ccc(-c2cc(NC(=O)C3(c4ccc5c(c4)CCO5)CC3)ccc2C)cc1. The van der Waals surface area contributed by atoms with Gasteiger partial charge in [-0.1, -0.05) is 42.5 Å². The average molecular weight is 441 g/mol. The summed E-state index contributed by atoms with van der Waals surface area (Å²) in [5, 5.41) is 5.99. The first kappa shape index (κ1) is 21.3. The molecule has 3 aromatic carbocycles. The lowest BCUT2D eigenvalue weighted by Crippen LogP contribution is -2.27. The van der Waals surface area contributed by atoms with Gasteiger partial charge in [-0.2, -0.15) is 0 Å². The predicted molar refractivity (Wildman–Crippen MR) is 129 cm³/mol. The van der Waals surface area contributed by atoms with Crippen molar-refractivity contribution in [3.8, 4) is 16.9 Å². The summed E-state index contributed by atoms with van der Waals surface area (Å²) < 4.78 is 5.62. The summed E-state index contributed by atoms with van der Waals surface area (Å²) in [6.07, 6.45) is 2.64. The summed E-state index contributed by atoms with van der Waals surface area (Å²) in [6, 6.07) is 20.4. The molecule has 168 valence electrons. The number of fused-ring (bicyclic) bond motifs is 1. The van der Waals surface area contributed by atoms with Crippen LogP contribution in [0.4, 0.5) is 5.69 Å². The Morgan fingerprint density at radius 3 is 2.52 bits per heavy atom. The molecule has 3 aromatic rings. The van der Waals surface area contributed by atoms with Crippen LogP contribution < -0.4 is 15.4 Å². The zero-order valence-corrected chi connectivity index (χ0v) is 19.0. The topological polar surface area (TPSA) is 67.4 Å². The van der Waals surface area contributed by atoms with E-state index in [-0.39, 0.29) is 11.8 Å². The highest BCUT2D eigenvalue weighted by atomic mass is 16.5. The predicted octanol–water partition coefficient (Wildman–Crippen LogP) is 4.90. The molecule has 1 aliphatic heterocycles. The Morgan fingerprint density at radius 2 is 1.79 bits per heavy atom. The van der Waals surface area contributed by atoms with Crippen LogP contribution in [0.5, 0.6) is 5.75 Å². The standard InChI is InChI=1S/C28H28N2O3/c1-18-3-9-24(16-25(18)21-6-4-20(5-7-21)17-29-19(2)31)30-27(32)28(12-13-28)23-8-10-26-22(15-23)11-14-33-26/h3-10,15-16H,11-14,17H2,1-2H3,(H,29,31)(H,30,32). The van der Waals surface area contributed by atoms with Crippen molar-refractivity contribution in [2.45, 2.75) is 45.1 Å². The van der Waals surface area contributed by atoms with Crippen LogP contribution in [-0.4, -0.2) is 18.4 Å². The first-order chi connectivity index (χ1) is 15.9. The number of ether oxygens (including phenoxy) is 1. The summed E-state index contributed by atoms with van der Waals surface area (Å²) in [5.74, 6) is 0.961. The molecule has 5 heteroatoms. The number of hydrogen-bond donors (Lipinski definition) is 2. The fourth-order valence-corrected chi connectivity index (χ4v) is 4.55. The minimum Gasteiger partial charge on any atom is -0.493 e. The Morgan fingerprint density at radius 1 is 1.00 bits per heavy atom. The first-order valence-corrected chi connectivity index (χ1v) is 11.5. The van der Waals surface area contributed by atoms with Gasteiger partial charge in [-0.15, -0.1) is 0 Å². The molecule has 0 bridgehead atoms. The highest BCUT2D eigenvalue weighted by Crippen LogP contribution is 2.50. The van der Waals surface area contributed by atoms with Crippen molar-refractivity contribution >= 4 is 17.5 Å². The highest BCUT2D eigenvalue weighted by Gasteiger charge is 2.51. The molecular formula is C28H28N2O3. The van der Waals surface area contributed by atoms with Crippen molar-refractivity contribution in [1.29, 1.82) is 0 Å². The van der Waals surface area contributed by atoms with Crippen molar-refractivity contribution in [3.05, 3.63) is 82.9 Å². The lowest BCUT2D eigenvalue weighted by molar-refractivity contribution is -0.119. The molecule has 2 N–H and O–H groups in total.